The molecule has 3 rings (SSSR count). The molecule has 5 nitrogen and oxygen atoms in total. The van der Waals surface area contributed by atoms with Crippen molar-refractivity contribution in [3.8, 4) is 16.9 Å². The van der Waals surface area contributed by atoms with Gasteiger partial charge >= 0.3 is 5.97 Å². The Morgan fingerprint density at radius 1 is 0.931 bits per heavy atom. The number of para-hydroxylation sites is 1. The quantitative estimate of drug-likeness (QED) is 0.416. The molecule has 2 aromatic carbocycles. The third-order valence-electron chi connectivity index (χ3n) is 4.87. The second kappa shape index (κ2) is 9.24. The normalized spacial score (nSPS) is 10.6. The molecule has 0 N–H and O–H groups in total. The summed E-state index contributed by atoms with van der Waals surface area (Å²) in [6.45, 7) is 6.12. The Labute approximate surface area is 170 Å². The van der Waals surface area contributed by atoms with Crippen molar-refractivity contribution in [3.05, 3.63) is 77.6 Å². The molecular weight excluding hydrogens is 366 g/mol. The predicted molar refractivity (Wildman–Crippen MR) is 112 cm³/mol. The number of hydrogen-bond donors (Lipinski definition) is 0. The number of esters is 1. The van der Waals surface area contributed by atoms with Crippen molar-refractivity contribution in [3.63, 3.8) is 0 Å². The molecule has 0 radical (unpaired) electrons. The number of aryl methyl sites for hydroxylation is 1. The number of carbonyl (C=O) groups is 2. The molecule has 5 heteroatoms. The average molecular weight is 391 g/mol. The summed E-state index contributed by atoms with van der Waals surface area (Å²) in [5, 5.41) is 0. The van der Waals surface area contributed by atoms with E-state index in [1.165, 1.54) is 0 Å². The summed E-state index contributed by atoms with van der Waals surface area (Å²) in [5.41, 5.74) is 4.38. The number of aromatic nitrogens is 1. The number of ether oxygens (including phenoxy) is 2. The Hall–Kier alpha value is -3.34. The van der Waals surface area contributed by atoms with Crippen LogP contribution in [0, 0.1) is 13.8 Å². The number of carbonyl (C=O) groups excluding carboxylic acids is 2. The van der Waals surface area contributed by atoms with Crippen LogP contribution in [0.15, 0.2) is 60.7 Å². The van der Waals surface area contributed by atoms with E-state index in [4.69, 9.17) is 9.47 Å². The molecule has 0 unspecified atom stereocenters. The molecule has 0 aliphatic carbocycles. The number of rotatable bonds is 8. The first-order valence-electron chi connectivity index (χ1n) is 9.64. The molecule has 0 fully saturated rings. The van der Waals surface area contributed by atoms with Gasteiger partial charge in [-0.25, -0.2) is 4.79 Å². The van der Waals surface area contributed by atoms with Gasteiger partial charge in [0.1, 0.15) is 5.75 Å². The van der Waals surface area contributed by atoms with Crippen LogP contribution in [-0.2, 0) is 16.1 Å². The van der Waals surface area contributed by atoms with E-state index in [1.54, 1.807) is 6.07 Å². The van der Waals surface area contributed by atoms with Crippen molar-refractivity contribution in [1.82, 2.24) is 4.57 Å². The third-order valence-corrected chi connectivity index (χ3v) is 4.87. The Balaban J connectivity index is 1.58. The zero-order chi connectivity index (χ0) is 20.8. The first kappa shape index (κ1) is 20.4. The van der Waals surface area contributed by atoms with Crippen LogP contribution < -0.4 is 4.74 Å². The Bertz CT molecular complexity index is 1000. The second-order valence-electron chi connectivity index (χ2n) is 6.76. The molecule has 0 aliphatic rings. The van der Waals surface area contributed by atoms with Crippen LogP contribution in [0.4, 0.5) is 0 Å². The molecule has 0 amide bonds. The fourth-order valence-electron chi connectivity index (χ4n) is 3.42. The minimum atomic E-state index is -0.578. The summed E-state index contributed by atoms with van der Waals surface area (Å²) in [7, 11) is 0. The highest BCUT2D eigenvalue weighted by molar-refractivity contribution is 5.99. The monoisotopic (exact) mass is 391 g/mol. The van der Waals surface area contributed by atoms with E-state index in [0.717, 1.165) is 29.1 Å². The van der Waals surface area contributed by atoms with Crippen LogP contribution in [0.2, 0.25) is 0 Å². The average Bonchev–Trinajstić information content (AvgIpc) is 3.04. The smallest absolute Gasteiger partial charge is 0.344 e. The standard InChI is InChI=1S/C24H25NO4/c1-4-25-17(2)14-21(18(25)3)22(26)15-29-24(27)16-28-23-13-9-8-12-20(23)19-10-6-5-7-11-19/h5-14H,4,15-16H2,1-3H3. The van der Waals surface area contributed by atoms with Gasteiger partial charge in [0.15, 0.2) is 13.2 Å². The topological polar surface area (TPSA) is 57.5 Å². The maximum absolute atomic E-state index is 12.4. The van der Waals surface area contributed by atoms with Gasteiger partial charge in [-0.2, -0.15) is 0 Å². The molecule has 0 spiro atoms. The molecule has 1 heterocycles. The summed E-state index contributed by atoms with van der Waals surface area (Å²) >= 11 is 0. The Morgan fingerprint density at radius 2 is 1.62 bits per heavy atom. The van der Waals surface area contributed by atoms with Gasteiger partial charge in [0.05, 0.1) is 0 Å². The number of Topliss-reactive ketones (excluding diaryl/α,β-unsaturated/α-hetero) is 1. The highest BCUT2D eigenvalue weighted by Crippen LogP contribution is 2.29. The Morgan fingerprint density at radius 3 is 2.31 bits per heavy atom. The van der Waals surface area contributed by atoms with Crippen molar-refractivity contribution in [1.29, 1.82) is 0 Å². The SMILES string of the molecule is CCn1c(C)cc(C(=O)COC(=O)COc2ccccc2-c2ccccc2)c1C. The molecule has 0 aliphatic heterocycles. The van der Waals surface area contributed by atoms with Crippen molar-refractivity contribution >= 4 is 11.8 Å². The minimum absolute atomic E-state index is 0.212. The fraction of sp³-hybridized carbons (Fsp3) is 0.250. The zero-order valence-corrected chi connectivity index (χ0v) is 17.0. The minimum Gasteiger partial charge on any atom is -0.481 e. The van der Waals surface area contributed by atoms with Crippen LogP contribution in [0.1, 0.15) is 28.7 Å². The molecule has 29 heavy (non-hydrogen) atoms. The highest BCUT2D eigenvalue weighted by Gasteiger charge is 2.17. The lowest BCUT2D eigenvalue weighted by atomic mass is 10.1. The summed E-state index contributed by atoms with van der Waals surface area (Å²) < 4.78 is 12.9. The number of hydrogen-bond acceptors (Lipinski definition) is 4. The van der Waals surface area contributed by atoms with E-state index in [-0.39, 0.29) is 19.0 Å². The van der Waals surface area contributed by atoms with Gasteiger partial charge < -0.3 is 14.0 Å². The van der Waals surface area contributed by atoms with E-state index in [9.17, 15) is 9.59 Å². The maximum Gasteiger partial charge on any atom is 0.344 e. The number of ketones is 1. The van der Waals surface area contributed by atoms with Crippen LogP contribution in [-0.4, -0.2) is 29.5 Å². The Kier molecular flexibility index (Phi) is 6.50. The van der Waals surface area contributed by atoms with Gasteiger partial charge in [-0.15, -0.1) is 0 Å². The van der Waals surface area contributed by atoms with E-state index >= 15 is 0 Å². The largest absolute Gasteiger partial charge is 0.481 e. The van der Waals surface area contributed by atoms with E-state index in [0.29, 0.717) is 11.3 Å². The lowest BCUT2D eigenvalue weighted by Crippen LogP contribution is -2.20. The summed E-state index contributed by atoms with van der Waals surface area (Å²) in [6, 6.07) is 19.1. The first-order valence-corrected chi connectivity index (χ1v) is 9.64. The van der Waals surface area contributed by atoms with Crippen molar-refractivity contribution < 1.29 is 19.1 Å². The van der Waals surface area contributed by atoms with E-state index in [2.05, 4.69) is 4.57 Å². The molecule has 3 aromatic rings. The molecular formula is C24H25NO4. The van der Waals surface area contributed by atoms with Gasteiger partial charge in [0, 0.05) is 29.1 Å². The van der Waals surface area contributed by atoms with Gasteiger partial charge in [-0.3, -0.25) is 4.79 Å². The fourth-order valence-corrected chi connectivity index (χ4v) is 3.42. The van der Waals surface area contributed by atoms with Gasteiger partial charge in [-0.1, -0.05) is 48.5 Å². The van der Waals surface area contributed by atoms with Crippen LogP contribution in [0.25, 0.3) is 11.1 Å². The maximum atomic E-state index is 12.4. The van der Waals surface area contributed by atoms with Crippen molar-refractivity contribution in [2.75, 3.05) is 13.2 Å². The molecule has 0 saturated carbocycles. The molecule has 1 aromatic heterocycles. The molecule has 150 valence electrons. The summed E-state index contributed by atoms with van der Waals surface area (Å²) in [5.74, 6) is -0.199. The van der Waals surface area contributed by atoms with Crippen LogP contribution in [0.3, 0.4) is 0 Å². The molecule has 0 atom stereocenters. The molecule has 0 bridgehead atoms. The lowest BCUT2D eigenvalue weighted by molar-refractivity contribution is -0.144. The first-order chi connectivity index (χ1) is 14.0. The van der Waals surface area contributed by atoms with E-state index < -0.39 is 5.97 Å². The van der Waals surface area contributed by atoms with Gasteiger partial charge in [0.25, 0.3) is 0 Å². The summed E-state index contributed by atoms with van der Waals surface area (Å²) in [6.07, 6.45) is 0. The number of benzene rings is 2. The van der Waals surface area contributed by atoms with E-state index in [1.807, 2.05) is 75.4 Å². The lowest BCUT2D eigenvalue weighted by Gasteiger charge is -2.11. The summed E-state index contributed by atoms with van der Waals surface area (Å²) in [4.78, 5) is 24.5. The van der Waals surface area contributed by atoms with Crippen LogP contribution >= 0.6 is 0 Å². The predicted octanol–water partition coefficient (Wildman–Crippen LogP) is 4.60. The molecule has 0 saturated heterocycles. The number of nitrogens with zero attached hydrogens (tertiary/aromatic N) is 1. The van der Waals surface area contributed by atoms with Gasteiger partial charge in [-0.05, 0) is 38.5 Å². The van der Waals surface area contributed by atoms with Crippen LogP contribution in [0.5, 0.6) is 5.75 Å². The zero-order valence-electron chi connectivity index (χ0n) is 17.0. The second-order valence-corrected chi connectivity index (χ2v) is 6.76. The van der Waals surface area contributed by atoms with Gasteiger partial charge in [0.2, 0.25) is 5.78 Å². The van der Waals surface area contributed by atoms with Crippen molar-refractivity contribution in [2.45, 2.75) is 27.3 Å². The third kappa shape index (κ3) is 4.74. The highest BCUT2D eigenvalue weighted by atomic mass is 16.6. The van der Waals surface area contributed by atoms with Crippen molar-refractivity contribution in [2.24, 2.45) is 0 Å².